The first-order valence-electron chi connectivity index (χ1n) is 6.32. The van der Waals surface area contributed by atoms with E-state index in [-0.39, 0.29) is 6.04 Å². The molecular weight excluding hydrogens is 231 g/mol. The molecule has 2 rings (SSSR count). The van der Waals surface area contributed by atoms with Gasteiger partial charge in [-0.2, -0.15) is 13.2 Å². The van der Waals surface area contributed by atoms with Crippen molar-refractivity contribution in [3.63, 3.8) is 0 Å². The molecule has 2 aliphatic rings. The number of hydrogen-bond acceptors (Lipinski definition) is 1. The summed E-state index contributed by atoms with van der Waals surface area (Å²) in [4.78, 5) is 11.4. The largest absolute Gasteiger partial charge is 0.389 e. The third kappa shape index (κ3) is 3.36. The molecule has 2 nitrogen and oxygen atoms in total. The average Bonchev–Trinajstić information content (AvgIpc) is 2.79. The van der Waals surface area contributed by atoms with E-state index < -0.39 is 24.9 Å². The average molecular weight is 249 g/mol. The van der Waals surface area contributed by atoms with Crippen LogP contribution in [0.3, 0.4) is 0 Å². The lowest BCUT2D eigenvalue weighted by Crippen LogP contribution is -2.38. The summed E-state index contributed by atoms with van der Waals surface area (Å²) in [5.41, 5.74) is 0. The lowest BCUT2D eigenvalue weighted by atomic mass is 9.97. The van der Waals surface area contributed by atoms with Crippen LogP contribution in [-0.2, 0) is 4.79 Å². The summed E-state index contributed by atoms with van der Waals surface area (Å²) in [5, 5.41) is 2.78. The van der Waals surface area contributed by atoms with Crippen molar-refractivity contribution in [1.82, 2.24) is 5.32 Å². The van der Waals surface area contributed by atoms with Crippen LogP contribution in [0, 0.1) is 11.8 Å². The molecule has 5 heteroatoms. The Hall–Kier alpha value is -0.740. The summed E-state index contributed by atoms with van der Waals surface area (Å²) < 4.78 is 35.9. The standard InChI is InChI=1S/C12H18F3NO/c13-12(14,15)7-6-11(17)16-10-5-4-8-2-1-3-9(8)10/h8-10H,1-7H2,(H,16,17)/t8-,9-,10-/m0/s1. The lowest BCUT2D eigenvalue weighted by Gasteiger charge is -2.20. The molecule has 2 saturated carbocycles. The molecule has 2 aliphatic carbocycles. The Balaban J connectivity index is 1.75. The normalized spacial score (nSPS) is 32.5. The van der Waals surface area contributed by atoms with Gasteiger partial charge < -0.3 is 5.32 Å². The minimum atomic E-state index is -4.23. The number of alkyl halides is 3. The number of carbonyl (C=O) groups is 1. The van der Waals surface area contributed by atoms with Crippen LogP contribution in [0.2, 0.25) is 0 Å². The van der Waals surface area contributed by atoms with Gasteiger partial charge in [-0.15, -0.1) is 0 Å². The lowest BCUT2D eigenvalue weighted by molar-refractivity contribution is -0.144. The van der Waals surface area contributed by atoms with Crippen LogP contribution in [0.25, 0.3) is 0 Å². The van der Waals surface area contributed by atoms with Crippen molar-refractivity contribution in [3.05, 3.63) is 0 Å². The summed E-state index contributed by atoms with van der Waals surface area (Å²) in [6, 6.07) is 0.128. The quantitative estimate of drug-likeness (QED) is 0.818. The van der Waals surface area contributed by atoms with Gasteiger partial charge >= 0.3 is 6.18 Å². The molecule has 0 aromatic rings. The smallest absolute Gasteiger partial charge is 0.353 e. The number of fused-ring (bicyclic) bond motifs is 1. The Bertz CT molecular complexity index is 290. The maximum absolute atomic E-state index is 12.0. The monoisotopic (exact) mass is 249 g/mol. The summed E-state index contributed by atoms with van der Waals surface area (Å²) in [6.07, 6.45) is -0.0827. The topological polar surface area (TPSA) is 29.1 Å². The van der Waals surface area contributed by atoms with Crippen LogP contribution in [-0.4, -0.2) is 18.1 Å². The molecule has 0 heterocycles. The van der Waals surface area contributed by atoms with Crippen molar-refractivity contribution in [2.45, 2.75) is 57.2 Å². The van der Waals surface area contributed by atoms with E-state index >= 15 is 0 Å². The van der Waals surface area contributed by atoms with E-state index in [4.69, 9.17) is 0 Å². The summed E-state index contributed by atoms with van der Waals surface area (Å²) >= 11 is 0. The molecule has 98 valence electrons. The van der Waals surface area contributed by atoms with Crippen molar-refractivity contribution < 1.29 is 18.0 Å². The van der Waals surface area contributed by atoms with E-state index in [9.17, 15) is 18.0 Å². The highest BCUT2D eigenvalue weighted by molar-refractivity contribution is 5.76. The fraction of sp³-hybridized carbons (Fsp3) is 0.917. The fourth-order valence-electron chi connectivity index (χ4n) is 3.27. The molecule has 3 atom stereocenters. The van der Waals surface area contributed by atoms with E-state index in [1.807, 2.05) is 0 Å². The Labute approximate surface area is 98.9 Å². The van der Waals surface area contributed by atoms with Crippen molar-refractivity contribution in [2.75, 3.05) is 0 Å². The summed E-state index contributed by atoms with van der Waals surface area (Å²) in [5.74, 6) is 0.771. The molecule has 0 radical (unpaired) electrons. The van der Waals surface area contributed by atoms with Crippen LogP contribution in [0.1, 0.15) is 44.9 Å². The number of nitrogens with one attached hydrogen (secondary N) is 1. The van der Waals surface area contributed by atoms with Gasteiger partial charge in [0.15, 0.2) is 0 Å². The number of halogens is 3. The molecular formula is C12H18F3NO. The first-order chi connectivity index (χ1) is 7.96. The minimum absolute atomic E-state index is 0.128. The third-order valence-electron chi connectivity index (χ3n) is 4.07. The zero-order chi connectivity index (χ0) is 12.5. The van der Waals surface area contributed by atoms with Gasteiger partial charge in [0.1, 0.15) is 0 Å². The molecule has 0 unspecified atom stereocenters. The summed E-state index contributed by atoms with van der Waals surface area (Å²) in [6.45, 7) is 0. The predicted molar refractivity (Wildman–Crippen MR) is 57.3 cm³/mol. The second kappa shape index (κ2) is 4.86. The second-order valence-electron chi connectivity index (χ2n) is 5.22. The molecule has 0 aliphatic heterocycles. The first-order valence-corrected chi connectivity index (χ1v) is 6.32. The van der Waals surface area contributed by atoms with Crippen molar-refractivity contribution in [3.8, 4) is 0 Å². The SMILES string of the molecule is O=C(CCC(F)(F)F)N[C@H]1CC[C@@H]2CCC[C@@H]21. The molecule has 1 amide bonds. The zero-order valence-corrected chi connectivity index (χ0v) is 9.72. The highest BCUT2D eigenvalue weighted by Crippen LogP contribution is 2.43. The van der Waals surface area contributed by atoms with Gasteiger partial charge in [-0.05, 0) is 31.1 Å². The van der Waals surface area contributed by atoms with E-state index in [0.717, 1.165) is 19.3 Å². The van der Waals surface area contributed by atoms with Crippen molar-refractivity contribution in [1.29, 1.82) is 0 Å². The fourth-order valence-corrected chi connectivity index (χ4v) is 3.27. The highest BCUT2D eigenvalue weighted by Gasteiger charge is 2.39. The molecule has 0 aromatic heterocycles. The van der Waals surface area contributed by atoms with Gasteiger partial charge in [0.2, 0.25) is 5.91 Å². The molecule has 0 aromatic carbocycles. The van der Waals surface area contributed by atoms with Gasteiger partial charge in [-0.3, -0.25) is 4.79 Å². The van der Waals surface area contributed by atoms with Crippen LogP contribution < -0.4 is 5.32 Å². The van der Waals surface area contributed by atoms with E-state index in [0.29, 0.717) is 11.8 Å². The van der Waals surface area contributed by atoms with E-state index in [1.165, 1.54) is 12.8 Å². The van der Waals surface area contributed by atoms with Crippen molar-refractivity contribution in [2.24, 2.45) is 11.8 Å². The van der Waals surface area contributed by atoms with Gasteiger partial charge in [0.25, 0.3) is 0 Å². The van der Waals surface area contributed by atoms with E-state index in [2.05, 4.69) is 5.32 Å². The van der Waals surface area contributed by atoms with Gasteiger partial charge in [-0.1, -0.05) is 12.8 Å². The van der Waals surface area contributed by atoms with Gasteiger partial charge in [0, 0.05) is 12.5 Å². The summed E-state index contributed by atoms with van der Waals surface area (Å²) in [7, 11) is 0. The Kier molecular flexibility index (Phi) is 3.64. The maximum Gasteiger partial charge on any atom is 0.389 e. The predicted octanol–water partition coefficient (Wildman–Crippen LogP) is 3.02. The minimum Gasteiger partial charge on any atom is -0.353 e. The van der Waals surface area contributed by atoms with Gasteiger partial charge in [-0.25, -0.2) is 0 Å². The Morgan fingerprint density at radius 1 is 1.18 bits per heavy atom. The second-order valence-corrected chi connectivity index (χ2v) is 5.22. The number of hydrogen-bond donors (Lipinski definition) is 1. The molecule has 0 spiro atoms. The third-order valence-corrected chi connectivity index (χ3v) is 4.07. The van der Waals surface area contributed by atoms with Gasteiger partial charge in [0.05, 0.1) is 6.42 Å². The highest BCUT2D eigenvalue weighted by atomic mass is 19.4. The molecule has 2 fully saturated rings. The van der Waals surface area contributed by atoms with Crippen LogP contribution in [0.15, 0.2) is 0 Å². The van der Waals surface area contributed by atoms with Crippen molar-refractivity contribution >= 4 is 5.91 Å². The first kappa shape index (κ1) is 12.7. The zero-order valence-electron chi connectivity index (χ0n) is 9.72. The van der Waals surface area contributed by atoms with Crippen LogP contribution in [0.5, 0.6) is 0 Å². The number of carbonyl (C=O) groups excluding carboxylic acids is 1. The molecule has 0 saturated heterocycles. The Morgan fingerprint density at radius 3 is 2.65 bits per heavy atom. The van der Waals surface area contributed by atoms with Crippen LogP contribution >= 0.6 is 0 Å². The molecule has 0 bridgehead atoms. The Morgan fingerprint density at radius 2 is 1.94 bits per heavy atom. The molecule has 1 N–H and O–H groups in total. The maximum atomic E-state index is 12.0. The van der Waals surface area contributed by atoms with E-state index in [1.54, 1.807) is 0 Å². The molecule has 17 heavy (non-hydrogen) atoms. The van der Waals surface area contributed by atoms with Crippen LogP contribution in [0.4, 0.5) is 13.2 Å². The number of amides is 1. The number of rotatable bonds is 3.